The third kappa shape index (κ3) is 5.36. The highest BCUT2D eigenvalue weighted by atomic mass is 32.1. The second-order valence-corrected chi connectivity index (χ2v) is 9.30. The first kappa shape index (κ1) is 21.6. The lowest BCUT2D eigenvalue weighted by atomic mass is 9.92. The van der Waals surface area contributed by atoms with Crippen LogP contribution in [0.2, 0.25) is 0 Å². The number of nitrogens with zero attached hydrogens (tertiary/aromatic N) is 2. The van der Waals surface area contributed by atoms with E-state index in [0.29, 0.717) is 48.7 Å². The number of rotatable bonds is 6. The van der Waals surface area contributed by atoms with Gasteiger partial charge in [0.2, 0.25) is 5.91 Å². The number of hydrogen-bond acceptors (Lipinski definition) is 6. The summed E-state index contributed by atoms with van der Waals surface area (Å²) in [7, 11) is 0. The number of likely N-dealkylation sites (tertiary alicyclic amines) is 1. The molecular weight excluding hydrogens is 414 g/mol. The molecule has 1 N–H and O–H groups in total. The van der Waals surface area contributed by atoms with E-state index in [-0.39, 0.29) is 11.8 Å². The van der Waals surface area contributed by atoms with Gasteiger partial charge < -0.3 is 19.7 Å². The van der Waals surface area contributed by atoms with Crippen LogP contribution in [0.3, 0.4) is 0 Å². The minimum atomic E-state index is -0.00104. The van der Waals surface area contributed by atoms with E-state index >= 15 is 0 Å². The van der Waals surface area contributed by atoms with Crippen LogP contribution >= 0.6 is 11.3 Å². The molecule has 166 valence electrons. The van der Waals surface area contributed by atoms with Crippen molar-refractivity contribution in [2.24, 2.45) is 5.92 Å². The van der Waals surface area contributed by atoms with Gasteiger partial charge in [-0.05, 0) is 37.3 Å². The molecule has 0 bridgehead atoms. The molecule has 7 nitrogen and oxygen atoms in total. The van der Waals surface area contributed by atoms with Gasteiger partial charge in [0.25, 0.3) is 5.91 Å². The second kappa shape index (κ2) is 9.68. The summed E-state index contributed by atoms with van der Waals surface area (Å²) in [6.07, 6.45) is 3.14. The summed E-state index contributed by atoms with van der Waals surface area (Å²) in [5.74, 6) is 2.20. The Labute approximate surface area is 186 Å². The maximum Gasteiger partial charge on any atom is 0.273 e. The van der Waals surface area contributed by atoms with Crippen LogP contribution in [-0.4, -0.2) is 48.0 Å². The fraction of sp³-hybridized carbons (Fsp3) is 0.522. The molecule has 1 aromatic carbocycles. The van der Waals surface area contributed by atoms with Crippen LogP contribution in [0, 0.1) is 5.92 Å². The number of anilines is 1. The second-order valence-electron chi connectivity index (χ2n) is 8.41. The molecule has 1 aromatic heterocycles. The summed E-state index contributed by atoms with van der Waals surface area (Å²) >= 11 is 1.55. The number of thiazole rings is 1. The Bertz CT molecular complexity index is 935. The molecule has 1 saturated heterocycles. The van der Waals surface area contributed by atoms with Gasteiger partial charge in [0, 0.05) is 42.6 Å². The average molecular weight is 444 g/mol. The summed E-state index contributed by atoms with van der Waals surface area (Å²) in [6.45, 7) is 6.69. The molecule has 0 atom stereocenters. The van der Waals surface area contributed by atoms with Gasteiger partial charge in [-0.25, -0.2) is 4.98 Å². The molecule has 2 aromatic rings. The molecule has 2 aliphatic heterocycles. The monoisotopic (exact) mass is 443 g/mol. The number of nitrogens with one attached hydrogen (secondary N) is 1. The Morgan fingerprint density at radius 2 is 1.94 bits per heavy atom. The van der Waals surface area contributed by atoms with Crippen LogP contribution in [0.4, 0.5) is 5.69 Å². The standard InChI is InChI=1S/C23H29N3O4S/c1-15(2)22-25-18(14-31-22)23(28)26-9-7-16(8-10-26)3-6-21(27)24-17-4-5-19-20(13-17)30-12-11-29-19/h4-5,13-16H,3,6-12H2,1-2H3,(H,24,27). The number of carbonyl (C=O) groups is 2. The zero-order chi connectivity index (χ0) is 21.8. The first-order valence-electron chi connectivity index (χ1n) is 10.9. The van der Waals surface area contributed by atoms with Crippen LogP contribution in [0.15, 0.2) is 23.6 Å². The van der Waals surface area contributed by atoms with Crippen LogP contribution in [0.5, 0.6) is 11.5 Å². The van der Waals surface area contributed by atoms with Crippen molar-refractivity contribution in [2.75, 3.05) is 31.6 Å². The Morgan fingerprint density at radius 1 is 1.19 bits per heavy atom. The van der Waals surface area contributed by atoms with E-state index in [1.807, 2.05) is 22.4 Å². The minimum absolute atomic E-state index is 0.00104. The van der Waals surface area contributed by atoms with Gasteiger partial charge >= 0.3 is 0 Å². The molecule has 2 aliphatic rings. The summed E-state index contributed by atoms with van der Waals surface area (Å²) in [6, 6.07) is 5.46. The smallest absolute Gasteiger partial charge is 0.273 e. The van der Waals surface area contributed by atoms with Crippen molar-refractivity contribution < 1.29 is 19.1 Å². The van der Waals surface area contributed by atoms with Crippen molar-refractivity contribution >= 4 is 28.8 Å². The molecule has 1 fully saturated rings. The van der Waals surface area contributed by atoms with Crippen molar-refractivity contribution in [3.05, 3.63) is 34.3 Å². The fourth-order valence-electron chi connectivity index (χ4n) is 3.92. The van der Waals surface area contributed by atoms with E-state index in [1.54, 1.807) is 17.4 Å². The first-order valence-corrected chi connectivity index (χ1v) is 11.8. The van der Waals surface area contributed by atoms with Crippen molar-refractivity contribution in [3.63, 3.8) is 0 Å². The molecule has 0 saturated carbocycles. The van der Waals surface area contributed by atoms with E-state index < -0.39 is 0 Å². The Kier molecular flexibility index (Phi) is 6.75. The zero-order valence-corrected chi connectivity index (χ0v) is 18.9. The summed E-state index contributed by atoms with van der Waals surface area (Å²) in [4.78, 5) is 31.5. The quantitative estimate of drug-likeness (QED) is 0.720. The summed E-state index contributed by atoms with van der Waals surface area (Å²) in [5, 5.41) is 5.81. The van der Waals surface area contributed by atoms with E-state index in [2.05, 4.69) is 24.1 Å². The maximum atomic E-state index is 12.7. The highest BCUT2D eigenvalue weighted by Crippen LogP contribution is 2.33. The van der Waals surface area contributed by atoms with E-state index in [0.717, 1.165) is 43.0 Å². The molecule has 0 radical (unpaired) electrons. The van der Waals surface area contributed by atoms with Crippen LogP contribution in [0.25, 0.3) is 0 Å². The van der Waals surface area contributed by atoms with Gasteiger partial charge in [0.1, 0.15) is 18.9 Å². The van der Waals surface area contributed by atoms with E-state index in [4.69, 9.17) is 9.47 Å². The number of aromatic nitrogens is 1. The Balaban J connectivity index is 1.21. The number of amides is 2. The van der Waals surface area contributed by atoms with Crippen LogP contribution in [0.1, 0.15) is 60.9 Å². The molecular formula is C23H29N3O4S. The molecule has 31 heavy (non-hydrogen) atoms. The van der Waals surface area contributed by atoms with Gasteiger partial charge in [-0.2, -0.15) is 0 Å². The molecule has 4 rings (SSSR count). The number of carbonyl (C=O) groups excluding carboxylic acids is 2. The molecule has 3 heterocycles. The van der Waals surface area contributed by atoms with Gasteiger partial charge in [-0.15, -0.1) is 11.3 Å². The number of ether oxygens (including phenoxy) is 2. The summed E-state index contributed by atoms with van der Waals surface area (Å²) < 4.78 is 11.1. The molecule has 8 heteroatoms. The third-order valence-electron chi connectivity index (χ3n) is 5.74. The van der Waals surface area contributed by atoms with E-state index in [1.165, 1.54) is 0 Å². The predicted molar refractivity (Wildman–Crippen MR) is 120 cm³/mol. The molecule has 0 unspecified atom stereocenters. The van der Waals surface area contributed by atoms with Crippen molar-refractivity contribution in [1.29, 1.82) is 0 Å². The highest BCUT2D eigenvalue weighted by Gasteiger charge is 2.25. The Morgan fingerprint density at radius 3 is 2.65 bits per heavy atom. The Hall–Kier alpha value is -2.61. The normalized spacial score (nSPS) is 16.4. The van der Waals surface area contributed by atoms with Gasteiger partial charge in [0.15, 0.2) is 11.5 Å². The first-order chi connectivity index (χ1) is 15.0. The minimum Gasteiger partial charge on any atom is -0.486 e. The maximum absolute atomic E-state index is 12.7. The highest BCUT2D eigenvalue weighted by molar-refractivity contribution is 7.09. The number of benzene rings is 1. The van der Waals surface area contributed by atoms with Crippen molar-refractivity contribution in [1.82, 2.24) is 9.88 Å². The van der Waals surface area contributed by atoms with Crippen molar-refractivity contribution in [2.45, 2.75) is 45.4 Å². The topological polar surface area (TPSA) is 80.8 Å². The van der Waals surface area contributed by atoms with Gasteiger partial charge in [-0.3, -0.25) is 9.59 Å². The van der Waals surface area contributed by atoms with Crippen molar-refractivity contribution in [3.8, 4) is 11.5 Å². The average Bonchev–Trinajstić information content (AvgIpc) is 3.28. The lowest BCUT2D eigenvalue weighted by molar-refractivity contribution is -0.116. The third-order valence-corrected chi connectivity index (χ3v) is 6.89. The number of fused-ring (bicyclic) bond motifs is 1. The van der Waals surface area contributed by atoms with Gasteiger partial charge in [0.05, 0.1) is 5.01 Å². The van der Waals surface area contributed by atoms with E-state index in [9.17, 15) is 9.59 Å². The van der Waals surface area contributed by atoms with Crippen LogP contribution in [-0.2, 0) is 4.79 Å². The predicted octanol–water partition coefficient (Wildman–Crippen LogP) is 4.31. The number of hydrogen-bond donors (Lipinski definition) is 1. The van der Waals surface area contributed by atoms with Crippen LogP contribution < -0.4 is 14.8 Å². The SMILES string of the molecule is CC(C)c1nc(C(=O)N2CCC(CCC(=O)Nc3ccc4c(c3)OCCO4)CC2)cs1. The molecule has 0 aliphatic carbocycles. The zero-order valence-electron chi connectivity index (χ0n) is 18.1. The number of piperidine rings is 1. The molecule has 2 amide bonds. The molecule has 0 spiro atoms. The lowest BCUT2D eigenvalue weighted by Gasteiger charge is -2.31. The largest absolute Gasteiger partial charge is 0.486 e. The summed E-state index contributed by atoms with van der Waals surface area (Å²) in [5.41, 5.74) is 1.28. The van der Waals surface area contributed by atoms with Gasteiger partial charge in [-0.1, -0.05) is 13.8 Å². The fourth-order valence-corrected chi connectivity index (χ4v) is 4.73. The lowest BCUT2D eigenvalue weighted by Crippen LogP contribution is -2.38.